The number of aromatic nitrogens is 3. The quantitative estimate of drug-likeness (QED) is 0.490. The van der Waals surface area contributed by atoms with Crippen LogP contribution in [0, 0.1) is 5.92 Å². The Balaban J connectivity index is 0.00000289. The molecule has 32 heavy (non-hydrogen) atoms. The molecule has 2 aromatic heterocycles. The second kappa shape index (κ2) is 10.7. The first-order chi connectivity index (χ1) is 14.9. The molecule has 0 aliphatic heterocycles. The number of nitrogens with zero attached hydrogens (tertiary/aromatic N) is 3. The molecule has 1 aliphatic rings. The number of aliphatic carboxylic acids is 1. The number of carbonyl (C=O) groups is 1. The van der Waals surface area contributed by atoms with Gasteiger partial charge >= 0.3 is 5.97 Å². The molecule has 0 saturated heterocycles. The van der Waals surface area contributed by atoms with Gasteiger partial charge in [-0.3, -0.25) is 4.79 Å². The Morgan fingerprint density at radius 2 is 2.00 bits per heavy atom. The summed E-state index contributed by atoms with van der Waals surface area (Å²) < 4.78 is 10.9. The number of carboxylic acid groups (broad SMARTS) is 1. The van der Waals surface area contributed by atoms with Crippen LogP contribution in [-0.4, -0.2) is 67.9 Å². The Bertz CT molecular complexity index is 1070. The van der Waals surface area contributed by atoms with Gasteiger partial charge in [0.25, 0.3) is 5.89 Å². The first-order valence-electron chi connectivity index (χ1n) is 10.1. The van der Waals surface area contributed by atoms with Crippen LogP contribution in [0.3, 0.4) is 0 Å². The third-order valence-electron chi connectivity index (χ3n) is 5.12. The number of anilines is 1. The van der Waals surface area contributed by atoms with E-state index in [0.717, 1.165) is 17.7 Å². The first kappa shape index (κ1) is 24.5. The molecule has 3 aromatic rings. The summed E-state index contributed by atoms with van der Waals surface area (Å²) in [6, 6.07) is 9.49. The number of pyridine rings is 1. The molecule has 10 heteroatoms. The van der Waals surface area contributed by atoms with Crippen molar-refractivity contribution in [3.63, 3.8) is 0 Å². The molecule has 4 rings (SSSR count). The zero-order valence-electron chi connectivity index (χ0n) is 18.2. The summed E-state index contributed by atoms with van der Waals surface area (Å²) in [5, 5.41) is 17.0. The van der Waals surface area contributed by atoms with Gasteiger partial charge in [-0.25, -0.2) is 4.98 Å². The summed E-state index contributed by atoms with van der Waals surface area (Å²) in [5.41, 5.74) is 2.33. The molecule has 2 N–H and O–H groups in total. The minimum absolute atomic E-state index is 0. The number of ether oxygens (including phenoxy) is 1. The molecule has 8 nitrogen and oxygen atoms in total. The molecule has 1 aliphatic carbocycles. The fraction of sp³-hybridized carbons (Fsp3) is 0.364. The first-order valence-corrected chi connectivity index (χ1v) is 10.5. The minimum Gasteiger partial charge on any atom is -0.481 e. The fourth-order valence-electron chi connectivity index (χ4n) is 3.60. The monoisotopic (exact) mass is 465 g/mol. The number of halogens is 1. The Kier molecular flexibility index (Phi) is 8.16. The zero-order chi connectivity index (χ0) is 22.0. The van der Waals surface area contributed by atoms with E-state index >= 15 is 0 Å². The van der Waals surface area contributed by atoms with Crippen LogP contribution >= 0.6 is 11.6 Å². The molecule has 1 radical (unpaired) electrons. The van der Waals surface area contributed by atoms with Crippen LogP contribution in [0.2, 0.25) is 5.02 Å². The van der Waals surface area contributed by atoms with Crippen molar-refractivity contribution in [1.82, 2.24) is 15.1 Å². The van der Waals surface area contributed by atoms with Crippen LogP contribution in [0.25, 0.3) is 22.8 Å². The van der Waals surface area contributed by atoms with Crippen molar-refractivity contribution in [3.05, 3.63) is 41.6 Å². The van der Waals surface area contributed by atoms with Gasteiger partial charge in [-0.05, 0) is 63.4 Å². The van der Waals surface area contributed by atoms with Gasteiger partial charge in [0.15, 0.2) is 0 Å². The predicted molar refractivity (Wildman–Crippen MR) is 122 cm³/mol. The second-order valence-corrected chi connectivity index (χ2v) is 8.27. The molecule has 2 heterocycles. The molecule has 1 saturated carbocycles. The van der Waals surface area contributed by atoms with Crippen molar-refractivity contribution in [1.29, 1.82) is 0 Å². The SMILES string of the molecule is CC(C)Oc1ncc(-c2nc(-c3ccc(N[C@H]4CC[C@@H](C(=O)O)C4)cc3)no2)cc1Cl.[Na]. The van der Waals surface area contributed by atoms with Crippen LogP contribution in [0.4, 0.5) is 5.69 Å². The van der Waals surface area contributed by atoms with E-state index in [9.17, 15) is 4.79 Å². The molecular weight excluding hydrogens is 443 g/mol. The molecule has 0 spiro atoms. The summed E-state index contributed by atoms with van der Waals surface area (Å²) in [6.07, 6.45) is 3.75. The van der Waals surface area contributed by atoms with Crippen molar-refractivity contribution in [2.45, 2.75) is 45.3 Å². The molecule has 0 unspecified atom stereocenters. The van der Waals surface area contributed by atoms with E-state index in [0.29, 0.717) is 41.0 Å². The van der Waals surface area contributed by atoms with Gasteiger partial charge in [0, 0.05) is 53.0 Å². The molecule has 2 atom stereocenters. The Morgan fingerprint density at radius 1 is 1.25 bits per heavy atom. The average Bonchev–Trinajstić information content (AvgIpc) is 3.40. The maximum Gasteiger partial charge on any atom is 0.306 e. The van der Waals surface area contributed by atoms with Crippen molar-refractivity contribution in [3.8, 4) is 28.7 Å². The van der Waals surface area contributed by atoms with Crippen LogP contribution < -0.4 is 10.1 Å². The van der Waals surface area contributed by atoms with Crippen molar-refractivity contribution in [2.24, 2.45) is 5.92 Å². The van der Waals surface area contributed by atoms with Crippen molar-refractivity contribution in [2.75, 3.05) is 5.32 Å². The number of benzene rings is 1. The number of hydrogen-bond donors (Lipinski definition) is 2. The van der Waals surface area contributed by atoms with Crippen LogP contribution in [0.5, 0.6) is 5.88 Å². The Labute approximate surface area is 213 Å². The van der Waals surface area contributed by atoms with E-state index < -0.39 is 5.97 Å². The summed E-state index contributed by atoms with van der Waals surface area (Å²) in [4.78, 5) is 19.8. The summed E-state index contributed by atoms with van der Waals surface area (Å²) in [6.45, 7) is 3.80. The van der Waals surface area contributed by atoms with Gasteiger partial charge < -0.3 is 19.7 Å². The van der Waals surface area contributed by atoms with Crippen molar-refractivity contribution < 1.29 is 19.2 Å². The summed E-state index contributed by atoms with van der Waals surface area (Å²) >= 11 is 6.24. The second-order valence-electron chi connectivity index (χ2n) is 7.87. The van der Waals surface area contributed by atoms with E-state index in [4.69, 9.17) is 26.0 Å². The number of carboxylic acids is 1. The molecular formula is C22H23ClN4NaO4. The molecule has 1 aromatic carbocycles. The van der Waals surface area contributed by atoms with E-state index in [1.165, 1.54) is 0 Å². The van der Waals surface area contributed by atoms with Crippen LogP contribution in [0.15, 0.2) is 41.1 Å². The van der Waals surface area contributed by atoms with E-state index in [1.54, 1.807) is 12.3 Å². The Morgan fingerprint density at radius 3 is 2.62 bits per heavy atom. The summed E-state index contributed by atoms with van der Waals surface area (Å²) in [7, 11) is 0. The molecule has 0 bridgehead atoms. The number of rotatable bonds is 7. The molecule has 163 valence electrons. The van der Waals surface area contributed by atoms with Gasteiger partial charge in [-0.1, -0.05) is 16.8 Å². The fourth-order valence-corrected chi connectivity index (χ4v) is 3.81. The van der Waals surface area contributed by atoms with Crippen LogP contribution in [-0.2, 0) is 4.79 Å². The predicted octanol–water partition coefficient (Wildman–Crippen LogP) is 4.52. The van der Waals surface area contributed by atoms with Gasteiger partial charge in [0.05, 0.1) is 17.6 Å². The maximum absolute atomic E-state index is 11.1. The summed E-state index contributed by atoms with van der Waals surface area (Å²) in [5.74, 6) is 0.148. The standard InChI is InChI=1S/C22H23ClN4O4.Na/c1-12(2)30-21-18(23)10-15(11-24-21)20-26-19(27-31-20)13-3-6-16(7-4-13)25-17-8-5-14(9-17)22(28)29;/h3-4,6-7,10-12,14,17,25H,5,8-9H2,1-2H3,(H,28,29);/t14-,17+;/m1./s1. The average molecular weight is 466 g/mol. The molecule has 1 fully saturated rings. The van der Waals surface area contributed by atoms with Crippen LogP contribution in [0.1, 0.15) is 33.1 Å². The Hall–Kier alpha value is -2.13. The number of hydrogen-bond acceptors (Lipinski definition) is 7. The van der Waals surface area contributed by atoms with E-state index in [-0.39, 0.29) is 47.6 Å². The van der Waals surface area contributed by atoms with Gasteiger partial charge in [0.1, 0.15) is 5.02 Å². The zero-order valence-corrected chi connectivity index (χ0v) is 21.0. The molecule has 0 amide bonds. The van der Waals surface area contributed by atoms with E-state index in [1.807, 2.05) is 38.1 Å². The van der Waals surface area contributed by atoms with Gasteiger partial charge in [-0.2, -0.15) is 4.98 Å². The third-order valence-corrected chi connectivity index (χ3v) is 5.39. The topological polar surface area (TPSA) is 110 Å². The van der Waals surface area contributed by atoms with Gasteiger partial charge in [0.2, 0.25) is 11.7 Å². The van der Waals surface area contributed by atoms with E-state index in [2.05, 4.69) is 20.4 Å². The maximum atomic E-state index is 11.1. The van der Waals surface area contributed by atoms with Crippen molar-refractivity contribution >= 4 is 52.8 Å². The van der Waals surface area contributed by atoms with Gasteiger partial charge in [-0.15, -0.1) is 0 Å². The largest absolute Gasteiger partial charge is 0.481 e. The smallest absolute Gasteiger partial charge is 0.306 e. The minimum atomic E-state index is -0.717. The third kappa shape index (κ3) is 5.81. The number of nitrogens with one attached hydrogen (secondary N) is 1. The normalized spacial score (nSPS) is 17.8.